The summed E-state index contributed by atoms with van der Waals surface area (Å²) in [7, 11) is 0. The van der Waals surface area contributed by atoms with E-state index in [0.717, 1.165) is 29.7 Å². The smallest absolute Gasteiger partial charge is 0.295 e. The predicted octanol–water partition coefficient (Wildman–Crippen LogP) is 5.69. The summed E-state index contributed by atoms with van der Waals surface area (Å²) in [5, 5.41) is 3.24. The minimum atomic E-state index is -0.355. The van der Waals surface area contributed by atoms with Crippen LogP contribution in [0.25, 0.3) is 22.4 Å². The first-order valence-electron chi connectivity index (χ1n) is 11.6. The molecule has 2 atom stereocenters. The molecule has 0 bridgehead atoms. The minimum Gasteiger partial charge on any atom is -0.424 e. The zero-order valence-electron chi connectivity index (χ0n) is 19.3. The highest BCUT2D eigenvalue weighted by molar-refractivity contribution is 6.01. The van der Waals surface area contributed by atoms with E-state index in [2.05, 4.69) is 22.2 Å². The standard InChI is InChI=1S/C27H27FN4O2/c1-17-8-10-20(22-7-3-4-12-29-22)21(14-17)26(33)32-13-5-6-18(2)24(32)16-30-27-31-23-15-19(28)9-11-25(23)34-27/h3-4,7-12,14-15,18,24H,5-6,13,16H2,1-2H3,(H,30,31). The molecule has 7 heteroatoms. The van der Waals surface area contributed by atoms with Gasteiger partial charge in [0, 0.05) is 36.5 Å². The summed E-state index contributed by atoms with van der Waals surface area (Å²) in [4.78, 5) is 24.7. The number of anilines is 1. The van der Waals surface area contributed by atoms with Gasteiger partial charge in [0.1, 0.15) is 11.3 Å². The van der Waals surface area contributed by atoms with Crippen LogP contribution in [0, 0.1) is 18.7 Å². The Morgan fingerprint density at radius 2 is 2.09 bits per heavy atom. The number of pyridine rings is 1. The molecule has 2 aromatic carbocycles. The number of halogens is 1. The molecule has 1 aliphatic heterocycles. The number of amides is 1. The molecule has 1 N–H and O–H groups in total. The maximum absolute atomic E-state index is 13.9. The lowest BCUT2D eigenvalue weighted by Gasteiger charge is -2.40. The highest BCUT2D eigenvalue weighted by atomic mass is 19.1. The van der Waals surface area contributed by atoms with E-state index >= 15 is 0 Å². The summed E-state index contributed by atoms with van der Waals surface area (Å²) in [5.41, 5.74) is 4.29. The maximum atomic E-state index is 13.9. The third kappa shape index (κ3) is 4.38. The topological polar surface area (TPSA) is 71.3 Å². The second-order valence-corrected chi connectivity index (χ2v) is 8.96. The number of oxazole rings is 1. The van der Waals surface area contributed by atoms with Crippen LogP contribution in [0.1, 0.15) is 35.7 Å². The van der Waals surface area contributed by atoms with E-state index in [-0.39, 0.29) is 17.8 Å². The van der Waals surface area contributed by atoms with Gasteiger partial charge in [-0.05, 0) is 56.0 Å². The van der Waals surface area contributed by atoms with E-state index in [1.54, 1.807) is 12.3 Å². The number of fused-ring (bicyclic) bond motifs is 1. The summed E-state index contributed by atoms with van der Waals surface area (Å²) >= 11 is 0. The van der Waals surface area contributed by atoms with Crippen molar-refractivity contribution in [3.05, 3.63) is 77.7 Å². The van der Waals surface area contributed by atoms with Crippen molar-refractivity contribution >= 4 is 23.0 Å². The number of aromatic nitrogens is 2. The average molecular weight is 459 g/mol. The first-order valence-corrected chi connectivity index (χ1v) is 11.6. The monoisotopic (exact) mass is 458 g/mol. The summed E-state index contributed by atoms with van der Waals surface area (Å²) < 4.78 is 19.2. The van der Waals surface area contributed by atoms with Crippen molar-refractivity contribution in [2.75, 3.05) is 18.4 Å². The maximum Gasteiger partial charge on any atom is 0.295 e. The molecule has 4 aromatic rings. The number of likely N-dealkylation sites (tertiary alicyclic amines) is 1. The molecule has 0 saturated carbocycles. The van der Waals surface area contributed by atoms with E-state index in [4.69, 9.17) is 4.42 Å². The van der Waals surface area contributed by atoms with Crippen LogP contribution in [0.5, 0.6) is 0 Å². The lowest BCUT2D eigenvalue weighted by molar-refractivity contribution is 0.0540. The fourth-order valence-corrected chi connectivity index (χ4v) is 4.72. The van der Waals surface area contributed by atoms with Crippen LogP contribution < -0.4 is 5.32 Å². The lowest BCUT2D eigenvalue weighted by Crippen LogP contribution is -2.51. The van der Waals surface area contributed by atoms with Gasteiger partial charge in [0.15, 0.2) is 5.58 Å². The highest BCUT2D eigenvalue weighted by Gasteiger charge is 2.33. The number of aryl methyl sites for hydroxylation is 1. The molecule has 1 aliphatic rings. The van der Waals surface area contributed by atoms with E-state index in [1.807, 2.05) is 48.2 Å². The zero-order chi connectivity index (χ0) is 23.7. The molecule has 6 nitrogen and oxygen atoms in total. The van der Waals surface area contributed by atoms with Crippen LogP contribution in [-0.4, -0.2) is 39.9 Å². The molecule has 0 spiro atoms. The Morgan fingerprint density at radius 3 is 2.91 bits per heavy atom. The first-order chi connectivity index (χ1) is 16.5. The largest absolute Gasteiger partial charge is 0.424 e. The third-order valence-electron chi connectivity index (χ3n) is 6.53. The summed E-state index contributed by atoms with van der Waals surface area (Å²) in [5.74, 6) is -0.0515. The van der Waals surface area contributed by atoms with Crippen LogP contribution >= 0.6 is 0 Å². The van der Waals surface area contributed by atoms with Crippen LogP contribution in [0.2, 0.25) is 0 Å². The molecule has 1 fully saturated rings. The second-order valence-electron chi connectivity index (χ2n) is 8.96. The lowest BCUT2D eigenvalue weighted by atomic mass is 9.89. The molecule has 1 saturated heterocycles. The molecule has 2 aromatic heterocycles. The molecule has 0 aliphatic carbocycles. The summed E-state index contributed by atoms with van der Waals surface area (Å²) in [6.07, 6.45) is 3.73. The second kappa shape index (κ2) is 9.25. The van der Waals surface area contributed by atoms with Crippen molar-refractivity contribution in [1.82, 2.24) is 14.9 Å². The van der Waals surface area contributed by atoms with Crippen molar-refractivity contribution in [2.45, 2.75) is 32.7 Å². The molecular weight excluding hydrogens is 431 g/mol. The molecule has 3 heterocycles. The Labute approximate surface area is 197 Å². The highest BCUT2D eigenvalue weighted by Crippen LogP contribution is 2.30. The Bertz CT molecular complexity index is 1320. The molecule has 5 rings (SSSR count). The summed E-state index contributed by atoms with van der Waals surface area (Å²) in [6, 6.07) is 16.2. The van der Waals surface area contributed by atoms with Crippen LogP contribution in [-0.2, 0) is 0 Å². The molecule has 0 radical (unpaired) electrons. The molecule has 2 unspecified atom stereocenters. The molecular formula is C27H27FN4O2. The van der Waals surface area contributed by atoms with Gasteiger partial charge in [-0.3, -0.25) is 9.78 Å². The Kier molecular flexibility index (Phi) is 6.01. The van der Waals surface area contributed by atoms with Crippen LogP contribution in [0.15, 0.2) is 65.2 Å². The Morgan fingerprint density at radius 1 is 1.21 bits per heavy atom. The number of rotatable bonds is 5. The van der Waals surface area contributed by atoms with Gasteiger partial charge in [-0.25, -0.2) is 4.39 Å². The quantitative estimate of drug-likeness (QED) is 0.416. The van der Waals surface area contributed by atoms with Gasteiger partial charge >= 0.3 is 0 Å². The van der Waals surface area contributed by atoms with Gasteiger partial charge in [-0.15, -0.1) is 0 Å². The molecule has 1 amide bonds. The van der Waals surface area contributed by atoms with Crippen LogP contribution in [0.4, 0.5) is 10.4 Å². The predicted molar refractivity (Wildman–Crippen MR) is 130 cm³/mol. The van der Waals surface area contributed by atoms with Gasteiger partial charge < -0.3 is 14.6 Å². The van der Waals surface area contributed by atoms with Crippen LogP contribution in [0.3, 0.4) is 0 Å². The number of hydrogen-bond donors (Lipinski definition) is 1. The Hall–Kier alpha value is -3.74. The number of carbonyl (C=O) groups excluding carboxylic acids is 1. The average Bonchev–Trinajstić information content (AvgIpc) is 3.25. The van der Waals surface area contributed by atoms with Gasteiger partial charge in [0.2, 0.25) is 0 Å². The number of carbonyl (C=O) groups is 1. The number of nitrogens with one attached hydrogen (secondary N) is 1. The van der Waals surface area contributed by atoms with E-state index in [9.17, 15) is 9.18 Å². The zero-order valence-corrected chi connectivity index (χ0v) is 19.3. The van der Waals surface area contributed by atoms with Crippen molar-refractivity contribution in [3.8, 4) is 11.3 Å². The third-order valence-corrected chi connectivity index (χ3v) is 6.53. The number of nitrogens with zero attached hydrogens (tertiary/aromatic N) is 3. The van der Waals surface area contributed by atoms with Crippen molar-refractivity contribution in [2.24, 2.45) is 5.92 Å². The van der Waals surface area contributed by atoms with Crippen molar-refractivity contribution in [3.63, 3.8) is 0 Å². The van der Waals surface area contributed by atoms with E-state index < -0.39 is 0 Å². The normalized spacial score (nSPS) is 18.3. The van der Waals surface area contributed by atoms with Crippen molar-refractivity contribution < 1.29 is 13.6 Å². The molecule has 34 heavy (non-hydrogen) atoms. The van der Waals surface area contributed by atoms with Crippen molar-refractivity contribution in [1.29, 1.82) is 0 Å². The molecule has 174 valence electrons. The number of hydrogen-bond acceptors (Lipinski definition) is 5. The minimum absolute atomic E-state index is 0.00217. The van der Waals surface area contributed by atoms with Gasteiger partial charge in [-0.1, -0.05) is 30.7 Å². The summed E-state index contributed by atoms with van der Waals surface area (Å²) in [6.45, 7) is 5.34. The van der Waals surface area contributed by atoms with Gasteiger partial charge in [-0.2, -0.15) is 4.98 Å². The SMILES string of the molecule is Cc1ccc(-c2ccccn2)c(C(=O)N2CCCC(C)C2CNc2nc3cc(F)ccc3o2)c1. The van der Waals surface area contributed by atoms with E-state index in [0.29, 0.717) is 41.7 Å². The Balaban J connectivity index is 1.41. The van der Waals surface area contributed by atoms with Gasteiger partial charge in [0.25, 0.3) is 11.9 Å². The fraction of sp³-hybridized carbons (Fsp3) is 0.296. The number of benzene rings is 2. The van der Waals surface area contributed by atoms with E-state index in [1.165, 1.54) is 12.1 Å². The first kappa shape index (κ1) is 22.1. The fourth-order valence-electron chi connectivity index (χ4n) is 4.72. The van der Waals surface area contributed by atoms with Gasteiger partial charge in [0.05, 0.1) is 11.7 Å². The number of piperidine rings is 1.